The average molecular weight is 275 g/mol. The fraction of sp³-hybridized carbons (Fsp3) is 0. The monoisotopic (exact) mass is 274 g/mol. The van der Waals surface area contributed by atoms with Gasteiger partial charge in [-0.15, -0.1) is 0 Å². The Morgan fingerprint density at radius 1 is 1.86 bits per heavy atom. The Hall–Kier alpha value is 0.420. The fourth-order valence-corrected chi connectivity index (χ4v) is 0.205. The smallest absolute Gasteiger partial charge is 0.112 e. The maximum absolute atomic E-state index is 6.86. The van der Waals surface area contributed by atoms with Gasteiger partial charge in [-0.25, -0.2) is 0 Å². The van der Waals surface area contributed by atoms with Crippen LogP contribution in [0.2, 0.25) is 0 Å². The quantitative estimate of drug-likeness (QED) is 0.554. The molecule has 0 aliphatic carbocycles. The lowest BCUT2D eigenvalue weighted by atomic mass is 10.7. The Morgan fingerprint density at radius 3 is 2.29 bits per heavy atom. The number of nitrogens with two attached hydrogens (primary N) is 1. The predicted molar refractivity (Wildman–Crippen MR) is 42.9 cm³/mol. The summed E-state index contributed by atoms with van der Waals surface area (Å²) in [5.41, 5.74) is 5.03. The van der Waals surface area contributed by atoms with Crippen LogP contribution in [0.15, 0.2) is 9.78 Å². The second kappa shape index (κ2) is 3.43. The highest BCUT2D eigenvalue weighted by atomic mass is 127. The third-order valence-electron chi connectivity index (χ3n) is 0.356. The van der Waals surface area contributed by atoms with Crippen LogP contribution in [0.5, 0.6) is 0 Å². The van der Waals surface area contributed by atoms with Crippen molar-refractivity contribution in [1.29, 1.82) is 5.41 Å². The molecule has 4 heteroatoms. The van der Waals surface area contributed by atoms with E-state index in [2.05, 4.69) is 15.9 Å². The Bertz CT molecular complexity index is 110. The van der Waals surface area contributed by atoms with E-state index in [0.717, 1.165) is 3.58 Å². The summed E-state index contributed by atoms with van der Waals surface area (Å²) in [6.07, 6.45) is 1.37. The van der Waals surface area contributed by atoms with E-state index in [9.17, 15) is 0 Å². The molecule has 0 spiro atoms. The Balaban J connectivity index is 3.82. The summed E-state index contributed by atoms with van der Waals surface area (Å²) < 4.78 is 1.05. The average Bonchev–Trinajstić information content (AvgIpc) is 1.65. The molecule has 0 heterocycles. The summed E-state index contributed by atoms with van der Waals surface area (Å²) in [5, 5.41) is 6.86. The SMILES string of the molecule is N=C(Br)/C(I)=C\N. The first-order valence-corrected chi connectivity index (χ1v) is 3.37. The highest BCUT2D eigenvalue weighted by Crippen LogP contribution is 2.08. The van der Waals surface area contributed by atoms with E-state index in [1.165, 1.54) is 6.20 Å². The molecular weight excluding hydrogens is 271 g/mol. The predicted octanol–water partition coefficient (Wildman–Crippen LogP) is 1.59. The van der Waals surface area contributed by atoms with Crippen molar-refractivity contribution < 1.29 is 0 Å². The second-order valence-corrected chi connectivity index (χ2v) is 2.78. The van der Waals surface area contributed by atoms with E-state index in [1.807, 2.05) is 22.6 Å². The maximum atomic E-state index is 6.86. The zero-order valence-corrected chi connectivity index (χ0v) is 7.15. The summed E-state index contributed by atoms with van der Waals surface area (Å²) in [5.74, 6) is 0. The molecule has 40 valence electrons. The lowest BCUT2D eigenvalue weighted by Crippen LogP contribution is -1.86. The van der Waals surface area contributed by atoms with Gasteiger partial charge in [-0.2, -0.15) is 0 Å². The van der Waals surface area contributed by atoms with Crippen molar-refractivity contribution >= 4 is 43.1 Å². The van der Waals surface area contributed by atoms with Crippen molar-refractivity contribution in [3.05, 3.63) is 9.78 Å². The molecule has 3 N–H and O–H groups in total. The number of allylic oxidation sites excluding steroid dienone is 1. The molecule has 0 fully saturated rings. The van der Waals surface area contributed by atoms with Gasteiger partial charge in [-0.05, 0) is 38.5 Å². The van der Waals surface area contributed by atoms with E-state index >= 15 is 0 Å². The van der Waals surface area contributed by atoms with Crippen molar-refractivity contribution in [2.24, 2.45) is 5.73 Å². The first-order valence-electron chi connectivity index (χ1n) is 1.50. The number of hydrogen-bond acceptors (Lipinski definition) is 2. The topological polar surface area (TPSA) is 49.9 Å². The van der Waals surface area contributed by atoms with Crippen molar-refractivity contribution in [2.45, 2.75) is 0 Å². The molecule has 0 saturated carbocycles. The van der Waals surface area contributed by atoms with E-state index < -0.39 is 0 Å². The number of hydrogen-bond donors (Lipinski definition) is 2. The molecule has 0 aliphatic rings. The van der Waals surface area contributed by atoms with Crippen LogP contribution < -0.4 is 5.73 Å². The zero-order valence-electron chi connectivity index (χ0n) is 3.41. The summed E-state index contributed by atoms with van der Waals surface area (Å²) in [7, 11) is 0. The first-order chi connectivity index (χ1) is 3.18. The summed E-state index contributed by atoms with van der Waals surface area (Å²) >= 11 is 4.89. The Morgan fingerprint density at radius 2 is 2.29 bits per heavy atom. The minimum atomic E-state index is 0.329. The van der Waals surface area contributed by atoms with E-state index in [0.29, 0.717) is 4.62 Å². The standard InChI is InChI=1S/C3H4BrIN2/c4-3(7)2(5)1-6/h1,7H,6H2/b2-1+,7-3?. The Kier molecular flexibility index (Phi) is 3.63. The van der Waals surface area contributed by atoms with Crippen molar-refractivity contribution in [2.75, 3.05) is 0 Å². The molecule has 0 aromatic carbocycles. The van der Waals surface area contributed by atoms with Gasteiger partial charge in [0.25, 0.3) is 0 Å². The molecular formula is C3H4BrIN2. The lowest BCUT2D eigenvalue weighted by Gasteiger charge is -1.84. The second-order valence-electron chi connectivity index (χ2n) is 0.829. The molecule has 0 aliphatic heterocycles. The van der Waals surface area contributed by atoms with Crippen LogP contribution in [-0.2, 0) is 0 Å². The molecule has 7 heavy (non-hydrogen) atoms. The molecule has 0 bridgehead atoms. The van der Waals surface area contributed by atoms with Crippen LogP contribution in [0.4, 0.5) is 0 Å². The summed E-state index contributed by atoms with van der Waals surface area (Å²) in [6.45, 7) is 0. The third-order valence-corrected chi connectivity index (χ3v) is 2.42. The Labute approximate surface area is 63.9 Å². The molecule has 2 nitrogen and oxygen atoms in total. The van der Waals surface area contributed by atoms with E-state index in [-0.39, 0.29) is 0 Å². The number of nitrogens with one attached hydrogen (secondary N) is 1. The van der Waals surface area contributed by atoms with Gasteiger partial charge in [0, 0.05) is 6.20 Å². The van der Waals surface area contributed by atoms with Gasteiger partial charge in [0.1, 0.15) is 4.62 Å². The van der Waals surface area contributed by atoms with Gasteiger partial charge in [-0.1, -0.05) is 0 Å². The summed E-state index contributed by atoms with van der Waals surface area (Å²) in [6, 6.07) is 0. The molecule has 0 aromatic heterocycles. The van der Waals surface area contributed by atoms with Gasteiger partial charge >= 0.3 is 0 Å². The maximum Gasteiger partial charge on any atom is 0.112 e. The fourth-order valence-electron chi connectivity index (χ4n) is 0.0732. The summed E-state index contributed by atoms with van der Waals surface area (Å²) in [4.78, 5) is 0. The van der Waals surface area contributed by atoms with Gasteiger partial charge in [0.05, 0.1) is 3.58 Å². The highest BCUT2D eigenvalue weighted by Gasteiger charge is 1.90. The van der Waals surface area contributed by atoms with Gasteiger partial charge < -0.3 is 5.73 Å². The van der Waals surface area contributed by atoms with Crippen LogP contribution in [0.25, 0.3) is 0 Å². The van der Waals surface area contributed by atoms with Gasteiger partial charge in [-0.3, -0.25) is 5.41 Å². The van der Waals surface area contributed by atoms with Crippen molar-refractivity contribution in [3.63, 3.8) is 0 Å². The van der Waals surface area contributed by atoms with E-state index in [1.54, 1.807) is 0 Å². The van der Waals surface area contributed by atoms with Crippen LogP contribution in [0.1, 0.15) is 0 Å². The molecule has 0 unspecified atom stereocenters. The van der Waals surface area contributed by atoms with Crippen molar-refractivity contribution in [3.8, 4) is 0 Å². The minimum absolute atomic E-state index is 0.329. The molecule has 0 saturated heterocycles. The zero-order chi connectivity index (χ0) is 5.86. The molecule has 0 radical (unpaired) electrons. The third kappa shape index (κ3) is 3.04. The molecule has 0 rings (SSSR count). The molecule has 0 atom stereocenters. The largest absolute Gasteiger partial charge is 0.404 e. The van der Waals surface area contributed by atoms with Crippen molar-refractivity contribution in [1.82, 2.24) is 0 Å². The normalized spacial score (nSPS) is 11.4. The molecule has 0 amide bonds. The highest BCUT2D eigenvalue weighted by molar-refractivity contribution is 14.1. The van der Waals surface area contributed by atoms with Crippen LogP contribution >= 0.6 is 38.5 Å². The number of halogens is 2. The first kappa shape index (κ1) is 7.42. The number of rotatable bonds is 1. The van der Waals surface area contributed by atoms with Crippen LogP contribution in [0, 0.1) is 5.41 Å². The van der Waals surface area contributed by atoms with E-state index in [4.69, 9.17) is 11.1 Å². The van der Waals surface area contributed by atoms with Gasteiger partial charge in [0.2, 0.25) is 0 Å². The molecule has 0 aromatic rings. The minimum Gasteiger partial charge on any atom is -0.404 e. The van der Waals surface area contributed by atoms with Crippen LogP contribution in [-0.4, -0.2) is 4.62 Å². The lowest BCUT2D eigenvalue weighted by molar-refractivity contribution is 1.54. The van der Waals surface area contributed by atoms with Crippen LogP contribution in [0.3, 0.4) is 0 Å². The van der Waals surface area contributed by atoms with Gasteiger partial charge in [0.15, 0.2) is 0 Å².